The lowest BCUT2D eigenvalue weighted by molar-refractivity contribution is -0.135. The Hall–Kier alpha value is -2.74. The zero-order valence-electron chi connectivity index (χ0n) is 16.1. The first-order chi connectivity index (χ1) is 13.7. The van der Waals surface area contributed by atoms with Crippen LogP contribution in [0.15, 0.2) is 29.1 Å². The van der Waals surface area contributed by atoms with Gasteiger partial charge >= 0.3 is 0 Å². The van der Waals surface area contributed by atoms with E-state index in [1.807, 2.05) is 24.3 Å². The van der Waals surface area contributed by atoms with Crippen molar-refractivity contribution >= 4 is 5.91 Å². The summed E-state index contributed by atoms with van der Waals surface area (Å²) in [6.07, 6.45) is 2.60. The third-order valence-electron chi connectivity index (χ3n) is 4.60. The minimum absolute atomic E-state index is 0.00670. The highest BCUT2D eigenvalue weighted by atomic mass is 16.5. The fourth-order valence-electron chi connectivity index (χ4n) is 2.89. The van der Waals surface area contributed by atoms with Crippen LogP contribution < -0.4 is 10.3 Å². The van der Waals surface area contributed by atoms with Crippen molar-refractivity contribution in [3.05, 3.63) is 40.3 Å². The number of nitrogens with one attached hydrogen (secondary N) is 1. The number of benzene rings is 1. The van der Waals surface area contributed by atoms with Crippen LogP contribution >= 0.6 is 0 Å². The van der Waals surface area contributed by atoms with Gasteiger partial charge in [0, 0.05) is 31.5 Å². The van der Waals surface area contributed by atoms with Gasteiger partial charge in [0.2, 0.25) is 5.91 Å². The molecule has 1 fully saturated rings. The van der Waals surface area contributed by atoms with Crippen LogP contribution in [0.1, 0.15) is 31.9 Å². The minimum Gasteiger partial charge on any atom is -0.494 e. The third kappa shape index (κ3) is 5.39. The molecule has 2 aromatic rings. The number of rotatable bonds is 8. The van der Waals surface area contributed by atoms with Crippen LogP contribution in [0.4, 0.5) is 0 Å². The maximum Gasteiger partial charge on any atom is 0.273 e. The van der Waals surface area contributed by atoms with Crippen LogP contribution in [0, 0.1) is 0 Å². The predicted octanol–water partition coefficient (Wildman–Crippen LogP) is 1.80. The number of amides is 1. The number of carbonyl (C=O) groups excluding carboxylic acids is 1. The lowest BCUT2D eigenvalue weighted by atomic mass is 10.2. The van der Waals surface area contributed by atoms with Gasteiger partial charge in [-0.15, -0.1) is 10.2 Å². The molecule has 1 aliphatic rings. The smallest absolute Gasteiger partial charge is 0.273 e. The van der Waals surface area contributed by atoms with E-state index in [0.717, 1.165) is 24.2 Å². The standard InChI is InChI=1S/C20H26N4O4/c1-2-3-12-28-16-6-4-15(5-7-16)19-21-20(26)17(22-23-19)8-9-18(25)24-10-13-27-14-11-24/h4-7H,2-3,8-14H2,1H3,(H,21,23,26). The summed E-state index contributed by atoms with van der Waals surface area (Å²) in [5.74, 6) is 1.19. The van der Waals surface area contributed by atoms with E-state index in [1.54, 1.807) is 4.90 Å². The Morgan fingerprint density at radius 2 is 1.96 bits per heavy atom. The number of aromatic amines is 1. The molecule has 1 aromatic carbocycles. The van der Waals surface area contributed by atoms with Gasteiger partial charge in [-0.3, -0.25) is 9.59 Å². The highest BCUT2D eigenvalue weighted by Gasteiger charge is 2.17. The van der Waals surface area contributed by atoms with Gasteiger partial charge in [0.15, 0.2) is 5.82 Å². The first-order valence-corrected chi connectivity index (χ1v) is 9.72. The molecule has 0 radical (unpaired) electrons. The van der Waals surface area contributed by atoms with Crippen molar-refractivity contribution in [2.75, 3.05) is 32.9 Å². The summed E-state index contributed by atoms with van der Waals surface area (Å²) in [5.41, 5.74) is 0.705. The summed E-state index contributed by atoms with van der Waals surface area (Å²) in [4.78, 5) is 29.0. The van der Waals surface area contributed by atoms with Crippen LogP contribution in [0.2, 0.25) is 0 Å². The van der Waals surface area contributed by atoms with Crippen LogP contribution in [-0.4, -0.2) is 58.9 Å². The van der Waals surface area contributed by atoms with Crippen molar-refractivity contribution in [2.45, 2.75) is 32.6 Å². The molecule has 8 heteroatoms. The molecule has 1 N–H and O–H groups in total. The number of ether oxygens (including phenoxy) is 2. The Morgan fingerprint density at radius 1 is 1.21 bits per heavy atom. The van der Waals surface area contributed by atoms with Crippen LogP contribution in [0.25, 0.3) is 11.4 Å². The first kappa shape index (κ1) is 20.0. The number of unbranched alkanes of at least 4 members (excludes halogenated alkanes) is 1. The fourth-order valence-corrected chi connectivity index (χ4v) is 2.89. The van der Waals surface area contributed by atoms with Gasteiger partial charge in [0.05, 0.1) is 19.8 Å². The van der Waals surface area contributed by atoms with E-state index in [0.29, 0.717) is 38.7 Å². The molecule has 0 aliphatic carbocycles. The zero-order valence-corrected chi connectivity index (χ0v) is 16.1. The van der Waals surface area contributed by atoms with Crippen molar-refractivity contribution in [1.82, 2.24) is 20.1 Å². The SMILES string of the molecule is CCCCOc1ccc(-c2nnc(CCC(=O)N3CCOCC3)c(=O)[nH]2)cc1. The second-order valence-corrected chi connectivity index (χ2v) is 6.67. The maximum absolute atomic E-state index is 12.3. The van der Waals surface area contributed by atoms with Crippen molar-refractivity contribution in [2.24, 2.45) is 0 Å². The molecule has 1 aromatic heterocycles. The zero-order chi connectivity index (χ0) is 19.8. The highest BCUT2D eigenvalue weighted by molar-refractivity contribution is 5.76. The topological polar surface area (TPSA) is 97.4 Å². The van der Waals surface area contributed by atoms with Gasteiger partial charge in [-0.1, -0.05) is 13.3 Å². The quantitative estimate of drug-likeness (QED) is 0.695. The third-order valence-corrected chi connectivity index (χ3v) is 4.60. The Balaban J connectivity index is 1.59. The number of aromatic nitrogens is 3. The Bertz CT molecular complexity index is 829. The fraction of sp³-hybridized carbons (Fsp3) is 0.500. The van der Waals surface area contributed by atoms with Crippen LogP contribution in [0.3, 0.4) is 0 Å². The van der Waals surface area contributed by atoms with E-state index in [-0.39, 0.29) is 30.0 Å². The summed E-state index contributed by atoms with van der Waals surface area (Å²) >= 11 is 0. The normalized spacial score (nSPS) is 14.1. The molecule has 150 valence electrons. The number of nitrogens with zero attached hydrogens (tertiary/aromatic N) is 3. The minimum atomic E-state index is -0.317. The monoisotopic (exact) mass is 386 g/mol. The molecule has 2 heterocycles. The molecule has 0 unspecified atom stereocenters. The maximum atomic E-state index is 12.3. The van der Waals surface area contributed by atoms with Gasteiger partial charge in [0.1, 0.15) is 11.4 Å². The van der Waals surface area contributed by atoms with Gasteiger partial charge in [-0.2, -0.15) is 0 Å². The Kier molecular flexibility index (Phi) is 7.13. The highest BCUT2D eigenvalue weighted by Crippen LogP contribution is 2.18. The lowest BCUT2D eigenvalue weighted by Gasteiger charge is -2.26. The van der Waals surface area contributed by atoms with Crippen molar-refractivity contribution in [1.29, 1.82) is 0 Å². The van der Waals surface area contributed by atoms with Gasteiger partial charge in [0.25, 0.3) is 5.56 Å². The van der Waals surface area contributed by atoms with Crippen molar-refractivity contribution in [3.8, 4) is 17.1 Å². The van der Waals surface area contributed by atoms with Crippen LogP contribution in [-0.2, 0) is 16.0 Å². The summed E-state index contributed by atoms with van der Waals surface area (Å²) in [6, 6.07) is 7.37. The number of carbonyl (C=O) groups is 1. The second kappa shape index (κ2) is 9.98. The Morgan fingerprint density at radius 3 is 2.64 bits per heavy atom. The number of morpholine rings is 1. The summed E-state index contributed by atoms with van der Waals surface area (Å²) < 4.78 is 10.9. The summed E-state index contributed by atoms with van der Waals surface area (Å²) in [6.45, 7) is 5.11. The molecule has 0 spiro atoms. The van der Waals surface area contributed by atoms with E-state index in [2.05, 4.69) is 22.1 Å². The molecule has 0 saturated carbocycles. The molecule has 1 aliphatic heterocycles. The second-order valence-electron chi connectivity index (χ2n) is 6.67. The molecule has 28 heavy (non-hydrogen) atoms. The number of hydrogen-bond acceptors (Lipinski definition) is 6. The number of hydrogen-bond donors (Lipinski definition) is 1. The summed E-state index contributed by atoms with van der Waals surface area (Å²) in [7, 11) is 0. The molecular weight excluding hydrogens is 360 g/mol. The van der Waals surface area contributed by atoms with E-state index in [4.69, 9.17) is 9.47 Å². The molecular formula is C20H26N4O4. The first-order valence-electron chi connectivity index (χ1n) is 9.72. The van der Waals surface area contributed by atoms with Gasteiger partial charge in [-0.25, -0.2) is 0 Å². The molecule has 3 rings (SSSR count). The molecule has 0 atom stereocenters. The van der Waals surface area contributed by atoms with Crippen molar-refractivity contribution in [3.63, 3.8) is 0 Å². The van der Waals surface area contributed by atoms with Gasteiger partial charge < -0.3 is 19.4 Å². The van der Waals surface area contributed by atoms with E-state index < -0.39 is 0 Å². The molecule has 1 amide bonds. The Labute approximate surface area is 163 Å². The average Bonchev–Trinajstić information content (AvgIpc) is 2.74. The van der Waals surface area contributed by atoms with E-state index >= 15 is 0 Å². The molecule has 1 saturated heterocycles. The molecule has 8 nitrogen and oxygen atoms in total. The predicted molar refractivity (Wildman–Crippen MR) is 104 cm³/mol. The molecule has 0 bridgehead atoms. The number of H-pyrrole nitrogens is 1. The van der Waals surface area contributed by atoms with E-state index in [1.165, 1.54) is 0 Å². The average molecular weight is 386 g/mol. The number of aryl methyl sites for hydroxylation is 1. The van der Waals surface area contributed by atoms with E-state index in [9.17, 15) is 9.59 Å². The van der Waals surface area contributed by atoms with Crippen LogP contribution in [0.5, 0.6) is 5.75 Å². The lowest BCUT2D eigenvalue weighted by Crippen LogP contribution is -2.41. The van der Waals surface area contributed by atoms with Gasteiger partial charge in [-0.05, 0) is 30.7 Å². The van der Waals surface area contributed by atoms with Crippen molar-refractivity contribution < 1.29 is 14.3 Å². The summed E-state index contributed by atoms with van der Waals surface area (Å²) in [5, 5.41) is 8.15. The largest absolute Gasteiger partial charge is 0.494 e.